The Hall–Kier alpha value is -1.39. The summed E-state index contributed by atoms with van der Waals surface area (Å²) in [6.07, 6.45) is 0.951. The number of carbonyl (C=O) groups excluding carboxylic acids is 1. The monoisotopic (exact) mass is 289 g/mol. The van der Waals surface area contributed by atoms with Crippen LogP contribution >= 0.6 is 0 Å². The van der Waals surface area contributed by atoms with E-state index in [0.717, 1.165) is 39.1 Å². The summed E-state index contributed by atoms with van der Waals surface area (Å²) in [5.41, 5.74) is 2.54. The van der Waals surface area contributed by atoms with Crippen LogP contribution in [-0.2, 0) is 17.9 Å². The molecule has 1 unspecified atom stereocenters. The van der Waals surface area contributed by atoms with E-state index in [1.165, 1.54) is 11.1 Å². The zero-order chi connectivity index (χ0) is 15.1. The quantitative estimate of drug-likeness (QED) is 0.804. The lowest BCUT2D eigenvalue weighted by molar-refractivity contribution is -0.124. The normalized spacial score (nSPS) is 18.1. The molecular formula is C17H27N3O. The van der Waals surface area contributed by atoms with Gasteiger partial charge in [0.15, 0.2) is 0 Å². The number of nitrogens with zero attached hydrogens (tertiary/aromatic N) is 1. The Morgan fingerprint density at radius 2 is 2.00 bits per heavy atom. The highest BCUT2D eigenvalue weighted by Crippen LogP contribution is 2.13. The van der Waals surface area contributed by atoms with Gasteiger partial charge in [-0.15, -0.1) is 0 Å². The second kappa shape index (κ2) is 8.15. The van der Waals surface area contributed by atoms with E-state index < -0.39 is 0 Å². The average molecular weight is 289 g/mol. The van der Waals surface area contributed by atoms with Gasteiger partial charge in [0.1, 0.15) is 0 Å². The summed E-state index contributed by atoms with van der Waals surface area (Å²) < 4.78 is 0. The van der Waals surface area contributed by atoms with Gasteiger partial charge >= 0.3 is 0 Å². The lowest BCUT2D eigenvalue weighted by Gasteiger charge is -2.20. The Morgan fingerprint density at radius 1 is 1.29 bits per heavy atom. The van der Waals surface area contributed by atoms with Gasteiger partial charge in [0.05, 0.1) is 5.92 Å². The molecule has 1 aliphatic heterocycles. The lowest BCUT2D eigenvalue weighted by atomic mass is 10.1. The third-order valence-electron chi connectivity index (χ3n) is 4.29. The molecule has 0 aliphatic carbocycles. The van der Waals surface area contributed by atoms with Crippen LogP contribution in [0, 0.1) is 5.92 Å². The van der Waals surface area contributed by atoms with Crippen LogP contribution in [0.2, 0.25) is 0 Å². The smallest absolute Gasteiger partial charge is 0.224 e. The molecule has 2 rings (SSSR count). The van der Waals surface area contributed by atoms with Crippen LogP contribution in [0.15, 0.2) is 24.3 Å². The van der Waals surface area contributed by atoms with E-state index >= 15 is 0 Å². The molecule has 0 aromatic heterocycles. The van der Waals surface area contributed by atoms with E-state index in [1.54, 1.807) is 0 Å². The molecule has 116 valence electrons. The van der Waals surface area contributed by atoms with Crippen molar-refractivity contribution in [2.75, 3.05) is 26.2 Å². The second-order valence-electron chi connectivity index (χ2n) is 5.64. The maximum absolute atomic E-state index is 12.1. The Labute approximate surface area is 127 Å². The molecule has 0 spiro atoms. The average Bonchev–Trinajstić information content (AvgIpc) is 3.05. The Kier molecular flexibility index (Phi) is 6.21. The molecule has 0 saturated carbocycles. The molecule has 1 heterocycles. The number of hydrogen-bond acceptors (Lipinski definition) is 3. The second-order valence-corrected chi connectivity index (χ2v) is 5.64. The van der Waals surface area contributed by atoms with Crippen molar-refractivity contribution in [1.82, 2.24) is 15.5 Å². The third kappa shape index (κ3) is 4.55. The number of rotatable bonds is 7. The largest absolute Gasteiger partial charge is 0.352 e. The molecule has 1 aliphatic rings. The van der Waals surface area contributed by atoms with Crippen molar-refractivity contribution in [2.24, 2.45) is 5.92 Å². The van der Waals surface area contributed by atoms with Gasteiger partial charge in [-0.25, -0.2) is 0 Å². The van der Waals surface area contributed by atoms with Gasteiger partial charge in [-0.3, -0.25) is 9.69 Å². The summed E-state index contributed by atoms with van der Waals surface area (Å²) in [4.78, 5) is 14.5. The van der Waals surface area contributed by atoms with Crippen molar-refractivity contribution in [3.63, 3.8) is 0 Å². The highest BCUT2D eigenvalue weighted by Gasteiger charge is 2.22. The number of carbonyl (C=O) groups is 1. The van der Waals surface area contributed by atoms with Gasteiger partial charge in [0, 0.05) is 19.6 Å². The molecule has 0 radical (unpaired) electrons. The summed E-state index contributed by atoms with van der Waals surface area (Å²) in [6, 6.07) is 8.40. The Bertz CT molecular complexity index is 451. The maximum atomic E-state index is 12.1. The van der Waals surface area contributed by atoms with Crippen LogP contribution in [-0.4, -0.2) is 37.0 Å². The fourth-order valence-corrected chi connectivity index (χ4v) is 2.78. The molecule has 1 fully saturated rings. The van der Waals surface area contributed by atoms with Gasteiger partial charge < -0.3 is 10.6 Å². The van der Waals surface area contributed by atoms with Crippen LogP contribution in [0.25, 0.3) is 0 Å². The summed E-state index contributed by atoms with van der Waals surface area (Å²) in [5, 5.41) is 6.33. The van der Waals surface area contributed by atoms with Gasteiger partial charge in [-0.05, 0) is 37.2 Å². The first-order chi connectivity index (χ1) is 10.2. The molecule has 1 aromatic carbocycles. The Balaban J connectivity index is 1.94. The van der Waals surface area contributed by atoms with Crippen LogP contribution in [0.3, 0.4) is 0 Å². The zero-order valence-electron chi connectivity index (χ0n) is 13.2. The molecule has 1 amide bonds. The van der Waals surface area contributed by atoms with Crippen molar-refractivity contribution in [1.29, 1.82) is 0 Å². The number of amides is 1. The van der Waals surface area contributed by atoms with Crippen molar-refractivity contribution in [3.8, 4) is 0 Å². The Morgan fingerprint density at radius 3 is 2.62 bits per heavy atom. The number of benzene rings is 1. The van der Waals surface area contributed by atoms with Crippen LogP contribution in [0.5, 0.6) is 0 Å². The topological polar surface area (TPSA) is 44.4 Å². The fraction of sp³-hybridized carbons (Fsp3) is 0.588. The van der Waals surface area contributed by atoms with Gasteiger partial charge in [0.2, 0.25) is 5.91 Å². The van der Waals surface area contributed by atoms with Crippen molar-refractivity contribution >= 4 is 5.91 Å². The third-order valence-corrected chi connectivity index (χ3v) is 4.29. The van der Waals surface area contributed by atoms with Crippen LogP contribution in [0.4, 0.5) is 0 Å². The predicted molar refractivity (Wildman–Crippen MR) is 85.9 cm³/mol. The molecule has 0 bridgehead atoms. The summed E-state index contributed by atoms with van der Waals surface area (Å²) in [7, 11) is 0. The first-order valence-corrected chi connectivity index (χ1v) is 8.02. The molecule has 2 N–H and O–H groups in total. The van der Waals surface area contributed by atoms with E-state index in [2.05, 4.69) is 47.6 Å². The van der Waals surface area contributed by atoms with Gasteiger partial charge in [-0.1, -0.05) is 38.1 Å². The highest BCUT2D eigenvalue weighted by atomic mass is 16.1. The minimum atomic E-state index is 0.139. The summed E-state index contributed by atoms with van der Waals surface area (Å²) in [6.45, 7) is 9.80. The zero-order valence-corrected chi connectivity index (χ0v) is 13.2. The number of nitrogens with one attached hydrogen (secondary N) is 2. The van der Waals surface area contributed by atoms with Gasteiger partial charge in [-0.2, -0.15) is 0 Å². The number of hydrogen-bond donors (Lipinski definition) is 2. The van der Waals surface area contributed by atoms with E-state index in [9.17, 15) is 4.79 Å². The summed E-state index contributed by atoms with van der Waals surface area (Å²) in [5.74, 6) is 0.317. The van der Waals surface area contributed by atoms with Crippen LogP contribution in [0.1, 0.15) is 31.4 Å². The fourth-order valence-electron chi connectivity index (χ4n) is 2.78. The minimum absolute atomic E-state index is 0.139. The first-order valence-electron chi connectivity index (χ1n) is 8.02. The minimum Gasteiger partial charge on any atom is -0.352 e. The predicted octanol–water partition coefficient (Wildman–Crippen LogP) is 1.75. The van der Waals surface area contributed by atoms with Crippen molar-refractivity contribution in [3.05, 3.63) is 35.4 Å². The van der Waals surface area contributed by atoms with Crippen molar-refractivity contribution < 1.29 is 4.79 Å². The molecule has 1 saturated heterocycles. The maximum Gasteiger partial charge on any atom is 0.224 e. The van der Waals surface area contributed by atoms with E-state index in [4.69, 9.17) is 0 Å². The van der Waals surface area contributed by atoms with Crippen molar-refractivity contribution in [2.45, 2.75) is 33.4 Å². The molecular weight excluding hydrogens is 262 g/mol. The van der Waals surface area contributed by atoms with E-state index in [1.807, 2.05) is 6.07 Å². The lowest BCUT2D eigenvalue weighted by Crippen LogP contribution is -2.32. The molecule has 1 atom stereocenters. The van der Waals surface area contributed by atoms with E-state index in [-0.39, 0.29) is 11.8 Å². The molecule has 1 aromatic rings. The highest BCUT2D eigenvalue weighted by molar-refractivity contribution is 5.79. The molecule has 21 heavy (non-hydrogen) atoms. The van der Waals surface area contributed by atoms with E-state index in [0.29, 0.717) is 6.54 Å². The van der Waals surface area contributed by atoms with Gasteiger partial charge in [0.25, 0.3) is 0 Å². The van der Waals surface area contributed by atoms with Crippen LogP contribution < -0.4 is 10.6 Å². The SMILES string of the molecule is CCN(CC)Cc1ccccc1CNC(=O)C1CCNC1. The standard InChI is InChI=1S/C17H27N3O/c1-3-20(4-2)13-16-8-6-5-7-14(16)12-19-17(21)15-9-10-18-11-15/h5-8,15,18H,3-4,9-13H2,1-2H3,(H,19,21). The summed E-state index contributed by atoms with van der Waals surface area (Å²) >= 11 is 0. The molecule has 4 heteroatoms. The first kappa shape index (κ1) is 16.0. The molecule has 4 nitrogen and oxygen atoms in total.